The van der Waals surface area contributed by atoms with Crippen LogP contribution in [0.15, 0.2) is 0 Å². The molecule has 0 aliphatic heterocycles. The van der Waals surface area contributed by atoms with Gasteiger partial charge in [0.1, 0.15) is 0 Å². The van der Waals surface area contributed by atoms with Gasteiger partial charge in [-0.1, -0.05) is 39.0 Å². The van der Waals surface area contributed by atoms with Gasteiger partial charge in [0.05, 0.1) is 0 Å². The summed E-state index contributed by atoms with van der Waals surface area (Å²) in [5.74, 6) is -1.97. The third-order valence-electron chi connectivity index (χ3n) is 2.33. The maximum Gasteiger partial charge on any atom is 0.327 e. The summed E-state index contributed by atoms with van der Waals surface area (Å²) in [5, 5.41) is 3.20. The maximum atomic E-state index is 10.8. The second kappa shape index (κ2) is 10.8. The standard InChI is InChI=1S/C11H22N4O2S/c1-2-3-4-5-6-7-8-13-11(18)15-14-10(17)9(12)16/h2-8H2,1H3,(H2,12,16)(H,14,17)(H2,13,15,18). The van der Waals surface area contributed by atoms with E-state index >= 15 is 0 Å². The smallest absolute Gasteiger partial charge is 0.327 e. The van der Waals surface area contributed by atoms with Crippen LogP contribution in [0.5, 0.6) is 0 Å². The van der Waals surface area contributed by atoms with Crippen molar-refractivity contribution in [1.29, 1.82) is 0 Å². The lowest BCUT2D eigenvalue weighted by Gasteiger charge is -2.10. The molecule has 7 heteroatoms. The number of rotatable bonds is 7. The van der Waals surface area contributed by atoms with Gasteiger partial charge in [0.15, 0.2) is 5.11 Å². The Morgan fingerprint density at radius 3 is 2.28 bits per heavy atom. The zero-order valence-corrected chi connectivity index (χ0v) is 11.6. The van der Waals surface area contributed by atoms with Gasteiger partial charge in [-0.2, -0.15) is 0 Å². The van der Waals surface area contributed by atoms with Crippen molar-refractivity contribution in [3.8, 4) is 0 Å². The Morgan fingerprint density at radius 2 is 1.67 bits per heavy atom. The predicted molar refractivity (Wildman–Crippen MR) is 74.4 cm³/mol. The van der Waals surface area contributed by atoms with E-state index in [0.29, 0.717) is 0 Å². The van der Waals surface area contributed by atoms with Crippen molar-refractivity contribution < 1.29 is 9.59 Å². The number of carbonyl (C=O) groups excluding carboxylic acids is 2. The molecule has 0 saturated carbocycles. The first-order valence-electron chi connectivity index (χ1n) is 6.21. The Labute approximate surface area is 113 Å². The molecule has 0 saturated heterocycles. The van der Waals surface area contributed by atoms with Crippen LogP contribution < -0.4 is 21.9 Å². The Balaban J connectivity index is 3.37. The normalized spacial score (nSPS) is 9.61. The molecule has 2 amide bonds. The van der Waals surface area contributed by atoms with Crippen LogP contribution in [0.1, 0.15) is 45.4 Å². The minimum atomic E-state index is -1.05. The van der Waals surface area contributed by atoms with Gasteiger partial charge >= 0.3 is 11.8 Å². The fourth-order valence-corrected chi connectivity index (χ4v) is 1.48. The van der Waals surface area contributed by atoms with E-state index in [1.54, 1.807) is 0 Å². The number of primary amides is 1. The number of hydrazine groups is 1. The summed E-state index contributed by atoms with van der Waals surface area (Å²) in [6.07, 6.45) is 7.21. The van der Waals surface area contributed by atoms with E-state index in [4.69, 9.17) is 18.0 Å². The summed E-state index contributed by atoms with van der Waals surface area (Å²) >= 11 is 4.89. The quantitative estimate of drug-likeness (QED) is 0.232. The van der Waals surface area contributed by atoms with Crippen molar-refractivity contribution in [3.05, 3.63) is 0 Å². The molecule has 0 aromatic carbocycles. The van der Waals surface area contributed by atoms with Crippen LogP contribution in [0.3, 0.4) is 0 Å². The molecule has 0 aliphatic rings. The van der Waals surface area contributed by atoms with Gasteiger partial charge in [0.2, 0.25) is 0 Å². The Morgan fingerprint density at radius 1 is 1.06 bits per heavy atom. The summed E-state index contributed by atoms with van der Waals surface area (Å²) in [7, 11) is 0. The number of nitrogens with two attached hydrogens (primary N) is 1. The van der Waals surface area contributed by atoms with Gasteiger partial charge in [0, 0.05) is 6.54 Å². The molecule has 0 unspecified atom stereocenters. The molecule has 0 spiro atoms. The van der Waals surface area contributed by atoms with Gasteiger partial charge in [-0.05, 0) is 18.6 Å². The minimum Gasteiger partial charge on any atom is -0.361 e. The molecular formula is C11H22N4O2S. The molecule has 0 bridgehead atoms. The topological polar surface area (TPSA) is 96.2 Å². The molecule has 18 heavy (non-hydrogen) atoms. The third-order valence-corrected chi connectivity index (χ3v) is 2.58. The lowest BCUT2D eigenvalue weighted by Crippen LogP contribution is -2.50. The van der Waals surface area contributed by atoms with Crippen LogP contribution in [0.2, 0.25) is 0 Å². The highest BCUT2D eigenvalue weighted by Gasteiger charge is 2.07. The number of carbonyl (C=O) groups is 2. The largest absolute Gasteiger partial charge is 0.361 e. The van der Waals surface area contributed by atoms with E-state index in [1.165, 1.54) is 25.7 Å². The van der Waals surface area contributed by atoms with Crippen LogP contribution >= 0.6 is 12.2 Å². The van der Waals surface area contributed by atoms with Crippen LogP contribution in [-0.2, 0) is 9.59 Å². The first kappa shape index (κ1) is 16.6. The van der Waals surface area contributed by atoms with Gasteiger partial charge in [-0.3, -0.25) is 20.4 Å². The molecule has 0 radical (unpaired) electrons. The van der Waals surface area contributed by atoms with Crippen molar-refractivity contribution in [2.24, 2.45) is 5.73 Å². The first-order chi connectivity index (χ1) is 8.57. The summed E-state index contributed by atoms with van der Waals surface area (Å²) in [6.45, 7) is 2.93. The SMILES string of the molecule is CCCCCCCCNC(=S)NNC(=O)C(N)=O. The molecule has 0 rings (SSSR count). The number of thiocarbonyl (C=S) groups is 1. The lowest BCUT2D eigenvalue weighted by molar-refractivity contribution is -0.137. The second-order valence-electron chi connectivity index (χ2n) is 3.97. The van der Waals surface area contributed by atoms with Crippen LogP contribution in [-0.4, -0.2) is 23.5 Å². The highest BCUT2D eigenvalue weighted by Crippen LogP contribution is 2.03. The minimum absolute atomic E-state index is 0.276. The highest BCUT2D eigenvalue weighted by molar-refractivity contribution is 7.80. The van der Waals surface area contributed by atoms with Crippen LogP contribution in [0.25, 0.3) is 0 Å². The summed E-state index contributed by atoms with van der Waals surface area (Å²) < 4.78 is 0. The van der Waals surface area contributed by atoms with Crippen LogP contribution in [0, 0.1) is 0 Å². The maximum absolute atomic E-state index is 10.8. The highest BCUT2D eigenvalue weighted by atomic mass is 32.1. The lowest BCUT2D eigenvalue weighted by atomic mass is 10.1. The molecule has 6 nitrogen and oxygen atoms in total. The van der Waals surface area contributed by atoms with Crippen LogP contribution in [0.4, 0.5) is 0 Å². The van der Waals surface area contributed by atoms with Gasteiger partial charge < -0.3 is 11.1 Å². The molecule has 0 heterocycles. The fraction of sp³-hybridized carbons (Fsp3) is 0.727. The molecule has 0 aliphatic carbocycles. The molecule has 5 N–H and O–H groups in total. The third kappa shape index (κ3) is 9.83. The van der Waals surface area contributed by atoms with Gasteiger partial charge in [-0.25, -0.2) is 0 Å². The molecule has 0 aromatic rings. The fourth-order valence-electron chi connectivity index (χ4n) is 1.33. The predicted octanol–water partition coefficient (Wildman–Crippen LogP) is 0.328. The average Bonchev–Trinajstić information content (AvgIpc) is 2.34. The molecule has 0 atom stereocenters. The number of hydrogen-bond donors (Lipinski definition) is 4. The van der Waals surface area contributed by atoms with Crippen molar-refractivity contribution in [1.82, 2.24) is 16.2 Å². The van der Waals surface area contributed by atoms with E-state index in [9.17, 15) is 9.59 Å². The van der Waals surface area contributed by atoms with E-state index in [2.05, 4.69) is 23.1 Å². The number of nitrogens with one attached hydrogen (secondary N) is 3. The number of hydrogen-bond acceptors (Lipinski definition) is 3. The van der Waals surface area contributed by atoms with Gasteiger partial charge in [-0.15, -0.1) is 0 Å². The van der Waals surface area contributed by atoms with Crippen molar-refractivity contribution in [2.75, 3.05) is 6.54 Å². The second-order valence-corrected chi connectivity index (χ2v) is 4.38. The molecule has 0 fully saturated rings. The zero-order valence-electron chi connectivity index (χ0n) is 10.8. The molecule has 104 valence electrons. The summed E-state index contributed by atoms with van der Waals surface area (Å²) in [4.78, 5) is 21.2. The van der Waals surface area contributed by atoms with E-state index in [0.717, 1.165) is 19.4 Å². The molecular weight excluding hydrogens is 252 g/mol. The van der Waals surface area contributed by atoms with Gasteiger partial charge in [0.25, 0.3) is 0 Å². The number of amides is 2. The van der Waals surface area contributed by atoms with E-state index in [-0.39, 0.29) is 5.11 Å². The average molecular weight is 274 g/mol. The zero-order chi connectivity index (χ0) is 13.8. The Bertz CT molecular complexity index is 284. The number of unbranched alkanes of at least 4 members (excludes halogenated alkanes) is 5. The first-order valence-corrected chi connectivity index (χ1v) is 6.62. The molecule has 0 aromatic heterocycles. The van der Waals surface area contributed by atoms with Crippen molar-refractivity contribution >= 4 is 29.1 Å². The Hall–Kier alpha value is -1.37. The van der Waals surface area contributed by atoms with E-state index < -0.39 is 11.8 Å². The van der Waals surface area contributed by atoms with Crippen molar-refractivity contribution in [2.45, 2.75) is 45.4 Å². The summed E-state index contributed by atoms with van der Waals surface area (Å²) in [6, 6.07) is 0. The van der Waals surface area contributed by atoms with E-state index in [1.807, 2.05) is 0 Å². The van der Waals surface area contributed by atoms with Crippen molar-refractivity contribution in [3.63, 3.8) is 0 Å². The Kier molecular flexibility index (Phi) is 9.94. The summed E-state index contributed by atoms with van der Waals surface area (Å²) in [5.41, 5.74) is 9.23. The monoisotopic (exact) mass is 274 g/mol.